The number of aromatic amines is 1. The molecule has 2 atom stereocenters. The van der Waals surface area contributed by atoms with Gasteiger partial charge in [0.1, 0.15) is 0 Å². The Bertz CT molecular complexity index is 837. The first-order valence-corrected chi connectivity index (χ1v) is 10.8. The Balaban J connectivity index is 1.29. The van der Waals surface area contributed by atoms with E-state index in [4.69, 9.17) is 0 Å². The molecular formula is C21H27F3N6O. The van der Waals surface area contributed by atoms with Crippen LogP contribution in [0, 0.1) is 5.92 Å². The molecular weight excluding hydrogens is 409 g/mol. The van der Waals surface area contributed by atoms with E-state index in [1.165, 1.54) is 0 Å². The van der Waals surface area contributed by atoms with Crippen molar-refractivity contribution < 1.29 is 18.0 Å². The van der Waals surface area contributed by atoms with E-state index in [2.05, 4.69) is 25.5 Å². The molecule has 1 aliphatic heterocycles. The van der Waals surface area contributed by atoms with E-state index >= 15 is 0 Å². The highest BCUT2D eigenvalue weighted by Crippen LogP contribution is 2.46. The second kappa shape index (κ2) is 9.33. The molecule has 0 spiro atoms. The number of amides is 1. The fraction of sp³-hybridized carbons (Fsp3) is 0.619. The Morgan fingerprint density at radius 1 is 1.19 bits per heavy atom. The number of hydrogen-bond acceptors (Lipinski definition) is 5. The van der Waals surface area contributed by atoms with Gasteiger partial charge in [-0.1, -0.05) is 35.5 Å². The Hall–Kier alpha value is -2.49. The molecule has 1 amide bonds. The van der Waals surface area contributed by atoms with E-state index in [0.717, 1.165) is 55.8 Å². The second-order valence-corrected chi connectivity index (χ2v) is 8.49. The lowest BCUT2D eigenvalue weighted by atomic mass is 9.95. The predicted octanol–water partition coefficient (Wildman–Crippen LogP) is 2.79. The summed E-state index contributed by atoms with van der Waals surface area (Å²) in [6.07, 6.45) is -0.990. The molecule has 2 aromatic rings. The third kappa shape index (κ3) is 5.61. The lowest BCUT2D eigenvalue weighted by Crippen LogP contribution is -2.47. The first-order chi connectivity index (χ1) is 14.9. The molecule has 1 aromatic heterocycles. The molecule has 31 heavy (non-hydrogen) atoms. The van der Waals surface area contributed by atoms with Gasteiger partial charge in [0.05, 0.1) is 0 Å². The lowest BCUT2D eigenvalue weighted by Gasteiger charge is -2.35. The zero-order valence-electron chi connectivity index (χ0n) is 17.3. The van der Waals surface area contributed by atoms with E-state index < -0.39 is 12.1 Å². The minimum atomic E-state index is -4.83. The molecule has 1 saturated heterocycles. The lowest BCUT2D eigenvalue weighted by molar-refractivity contribution is -0.187. The van der Waals surface area contributed by atoms with Crippen molar-refractivity contribution in [2.75, 3.05) is 26.2 Å². The summed E-state index contributed by atoms with van der Waals surface area (Å²) in [7, 11) is 0. The molecule has 1 aromatic carbocycles. The number of alkyl halides is 3. The van der Waals surface area contributed by atoms with Crippen LogP contribution in [0.4, 0.5) is 13.2 Å². The summed E-state index contributed by atoms with van der Waals surface area (Å²) < 4.78 is 39.8. The Labute approximate surface area is 179 Å². The molecule has 10 heteroatoms. The van der Waals surface area contributed by atoms with Gasteiger partial charge in [-0.15, -0.1) is 10.2 Å². The van der Waals surface area contributed by atoms with Crippen LogP contribution in [0.3, 0.4) is 0 Å². The number of benzene rings is 1. The highest BCUT2D eigenvalue weighted by molar-refractivity contribution is 5.82. The number of carbonyl (C=O) groups is 1. The standard InChI is InChI=1S/C21H27F3N6O/c22-21(23,24)20(31)30(18-13-17(18)16-5-2-1-3-6-16)14-15-8-11-29(12-9-15)10-4-7-19-25-27-28-26-19/h1-3,5-6,15,17-18H,4,7-14H2,(H,25,26,27,28)/t17-,18+/m0/s1. The van der Waals surface area contributed by atoms with Crippen LogP contribution in [0.15, 0.2) is 30.3 Å². The van der Waals surface area contributed by atoms with E-state index in [0.29, 0.717) is 12.2 Å². The molecule has 0 unspecified atom stereocenters. The van der Waals surface area contributed by atoms with E-state index in [-0.39, 0.29) is 24.4 Å². The van der Waals surface area contributed by atoms with Gasteiger partial charge in [0.25, 0.3) is 0 Å². The van der Waals surface area contributed by atoms with Crippen molar-refractivity contribution in [3.63, 3.8) is 0 Å². The van der Waals surface area contributed by atoms with Gasteiger partial charge in [-0.2, -0.15) is 18.4 Å². The monoisotopic (exact) mass is 436 g/mol. The van der Waals surface area contributed by atoms with Gasteiger partial charge >= 0.3 is 12.1 Å². The molecule has 2 fully saturated rings. The number of nitrogens with one attached hydrogen (secondary N) is 1. The summed E-state index contributed by atoms with van der Waals surface area (Å²) in [5.74, 6) is -0.915. The summed E-state index contributed by atoms with van der Waals surface area (Å²) in [5.41, 5.74) is 1.00. The molecule has 0 bridgehead atoms. The van der Waals surface area contributed by atoms with Crippen LogP contribution in [-0.2, 0) is 11.2 Å². The first-order valence-electron chi connectivity index (χ1n) is 10.8. The van der Waals surface area contributed by atoms with Crippen LogP contribution in [0.1, 0.15) is 43.0 Å². The summed E-state index contributed by atoms with van der Waals surface area (Å²) in [5, 5.41) is 13.8. The van der Waals surface area contributed by atoms with Crippen LogP contribution < -0.4 is 0 Å². The Morgan fingerprint density at radius 3 is 2.58 bits per heavy atom. The maximum Gasteiger partial charge on any atom is 0.471 e. The zero-order chi connectivity index (χ0) is 21.8. The van der Waals surface area contributed by atoms with Crippen LogP contribution >= 0.6 is 0 Å². The topological polar surface area (TPSA) is 78.0 Å². The fourth-order valence-corrected chi connectivity index (χ4v) is 4.54. The average Bonchev–Trinajstić information content (AvgIpc) is 3.39. The highest BCUT2D eigenvalue weighted by Gasteiger charge is 2.52. The molecule has 2 aliphatic rings. The first kappa shape index (κ1) is 21.7. The number of aryl methyl sites for hydroxylation is 1. The smallest absolute Gasteiger partial charge is 0.331 e. The van der Waals surface area contributed by atoms with Crippen LogP contribution in [0.25, 0.3) is 0 Å². The maximum atomic E-state index is 13.3. The number of carbonyl (C=O) groups excluding carboxylic acids is 1. The normalized spacial score (nSPS) is 22.4. The van der Waals surface area contributed by atoms with Gasteiger partial charge in [-0.05, 0) is 56.8 Å². The quantitative estimate of drug-likeness (QED) is 0.689. The third-order valence-corrected chi connectivity index (χ3v) is 6.31. The van der Waals surface area contributed by atoms with Gasteiger partial charge in [0.2, 0.25) is 0 Å². The summed E-state index contributed by atoms with van der Waals surface area (Å²) >= 11 is 0. The number of hydrogen-bond donors (Lipinski definition) is 1. The van der Waals surface area contributed by atoms with Crippen LogP contribution in [0.2, 0.25) is 0 Å². The number of rotatable bonds is 8. The average molecular weight is 436 g/mol. The molecule has 1 saturated carbocycles. The number of piperidine rings is 1. The van der Waals surface area contributed by atoms with Crippen molar-refractivity contribution in [1.29, 1.82) is 0 Å². The van der Waals surface area contributed by atoms with E-state index in [1.807, 2.05) is 30.3 Å². The number of nitrogens with zero attached hydrogens (tertiary/aromatic N) is 5. The number of likely N-dealkylation sites (tertiary alicyclic amines) is 1. The number of H-pyrrole nitrogens is 1. The second-order valence-electron chi connectivity index (χ2n) is 8.49. The van der Waals surface area contributed by atoms with Gasteiger partial charge in [0.15, 0.2) is 5.82 Å². The van der Waals surface area contributed by atoms with Crippen molar-refractivity contribution in [2.24, 2.45) is 5.92 Å². The van der Waals surface area contributed by atoms with Crippen molar-refractivity contribution >= 4 is 5.91 Å². The van der Waals surface area contributed by atoms with E-state index in [9.17, 15) is 18.0 Å². The van der Waals surface area contributed by atoms with Gasteiger partial charge in [0, 0.05) is 24.9 Å². The summed E-state index contributed by atoms with van der Waals surface area (Å²) in [6.45, 7) is 2.74. The highest BCUT2D eigenvalue weighted by atomic mass is 19.4. The molecule has 1 aliphatic carbocycles. The molecule has 1 N–H and O–H groups in total. The third-order valence-electron chi connectivity index (χ3n) is 6.31. The van der Waals surface area contributed by atoms with Gasteiger partial charge in [-0.25, -0.2) is 0 Å². The van der Waals surface area contributed by atoms with Crippen molar-refractivity contribution in [1.82, 2.24) is 30.4 Å². The maximum absolute atomic E-state index is 13.3. The van der Waals surface area contributed by atoms with Crippen LogP contribution in [0.5, 0.6) is 0 Å². The molecule has 4 rings (SSSR count). The fourth-order valence-electron chi connectivity index (χ4n) is 4.54. The molecule has 168 valence electrons. The number of halogens is 3. The van der Waals surface area contributed by atoms with Crippen molar-refractivity contribution in [3.8, 4) is 0 Å². The van der Waals surface area contributed by atoms with E-state index in [1.54, 1.807) is 0 Å². The minimum Gasteiger partial charge on any atom is -0.331 e. The Morgan fingerprint density at radius 2 is 1.94 bits per heavy atom. The van der Waals surface area contributed by atoms with Gasteiger partial charge in [-0.3, -0.25) is 4.79 Å². The minimum absolute atomic E-state index is 0.00210. The molecule has 0 radical (unpaired) electrons. The summed E-state index contributed by atoms with van der Waals surface area (Å²) in [4.78, 5) is 15.6. The summed E-state index contributed by atoms with van der Waals surface area (Å²) in [6, 6.07) is 9.14. The SMILES string of the molecule is O=C(N(CC1CCN(CCCc2nn[nH]n2)CC1)[C@@H]1C[C@H]1c1ccccc1)C(F)(F)F. The number of tetrazole rings is 1. The zero-order valence-corrected chi connectivity index (χ0v) is 17.3. The largest absolute Gasteiger partial charge is 0.471 e. The van der Waals surface area contributed by atoms with Crippen LogP contribution in [-0.4, -0.2) is 74.7 Å². The Kier molecular flexibility index (Phi) is 6.54. The molecule has 2 heterocycles. The predicted molar refractivity (Wildman–Crippen MR) is 107 cm³/mol. The van der Waals surface area contributed by atoms with Crippen molar-refractivity contribution in [2.45, 2.75) is 50.2 Å². The number of aromatic nitrogens is 4. The van der Waals surface area contributed by atoms with Crippen molar-refractivity contribution in [3.05, 3.63) is 41.7 Å². The van der Waals surface area contributed by atoms with Gasteiger partial charge < -0.3 is 9.80 Å². The molecule has 7 nitrogen and oxygen atoms in total.